The summed E-state index contributed by atoms with van der Waals surface area (Å²) in [5, 5.41) is 0. The predicted octanol–water partition coefficient (Wildman–Crippen LogP) is 6.18. The Hall–Kier alpha value is -1.63. The van der Waals surface area contributed by atoms with Crippen LogP contribution in [0.25, 0.3) is 11.1 Å². The molecule has 2 unspecified atom stereocenters. The van der Waals surface area contributed by atoms with Gasteiger partial charge in [0, 0.05) is 0 Å². The lowest BCUT2D eigenvalue weighted by molar-refractivity contribution is 0.489. The van der Waals surface area contributed by atoms with Gasteiger partial charge in [-0.2, -0.15) is 0 Å². The molecule has 2 aromatic rings. The van der Waals surface area contributed by atoms with E-state index in [2.05, 4.69) is 31.2 Å². The molecule has 2 aromatic carbocycles. The first kappa shape index (κ1) is 14.3. The van der Waals surface area contributed by atoms with Crippen LogP contribution in [-0.4, -0.2) is 0 Å². The first-order chi connectivity index (χ1) is 10.3. The van der Waals surface area contributed by atoms with Crippen molar-refractivity contribution in [2.45, 2.75) is 44.9 Å². The molecule has 0 radical (unpaired) electrons. The molecule has 0 bridgehead atoms. The third-order valence-corrected chi connectivity index (χ3v) is 4.80. The van der Waals surface area contributed by atoms with Gasteiger partial charge >= 0.3 is 0 Å². The smallest absolute Gasteiger partial charge is 0.123 e. The van der Waals surface area contributed by atoms with Crippen LogP contribution < -0.4 is 0 Å². The van der Waals surface area contributed by atoms with Gasteiger partial charge in [-0.05, 0) is 59.9 Å². The SMILES string of the molecule is CCCC1CCC(c2ccc(-c3ccc(F)cc3)cc2)C1. The van der Waals surface area contributed by atoms with Crippen molar-refractivity contribution in [2.24, 2.45) is 5.92 Å². The zero-order chi connectivity index (χ0) is 14.7. The van der Waals surface area contributed by atoms with Crippen LogP contribution in [0.2, 0.25) is 0 Å². The summed E-state index contributed by atoms with van der Waals surface area (Å²) in [5.41, 5.74) is 3.72. The highest BCUT2D eigenvalue weighted by atomic mass is 19.1. The molecule has 0 aromatic heterocycles. The normalized spacial score (nSPS) is 21.6. The van der Waals surface area contributed by atoms with Crippen molar-refractivity contribution in [3.8, 4) is 11.1 Å². The fourth-order valence-corrected chi connectivity index (χ4v) is 3.64. The lowest BCUT2D eigenvalue weighted by atomic mass is 9.93. The van der Waals surface area contributed by atoms with Gasteiger partial charge in [-0.15, -0.1) is 0 Å². The molecule has 0 spiro atoms. The van der Waals surface area contributed by atoms with Crippen LogP contribution >= 0.6 is 0 Å². The summed E-state index contributed by atoms with van der Waals surface area (Å²) in [6, 6.07) is 15.6. The van der Waals surface area contributed by atoms with E-state index >= 15 is 0 Å². The molecular formula is C20H23F. The molecule has 110 valence electrons. The Morgan fingerprint density at radius 1 is 0.905 bits per heavy atom. The second-order valence-corrected chi connectivity index (χ2v) is 6.29. The van der Waals surface area contributed by atoms with Crippen LogP contribution in [0, 0.1) is 11.7 Å². The van der Waals surface area contributed by atoms with Gasteiger partial charge in [0.15, 0.2) is 0 Å². The van der Waals surface area contributed by atoms with Crippen molar-refractivity contribution >= 4 is 0 Å². The predicted molar refractivity (Wildman–Crippen MR) is 86.8 cm³/mol. The zero-order valence-corrected chi connectivity index (χ0v) is 12.7. The maximum atomic E-state index is 13.0. The maximum Gasteiger partial charge on any atom is 0.123 e. The van der Waals surface area contributed by atoms with E-state index in [-0.39, 0.29) is 5.82 Å². The second-order valence-electron chi connectivity index (χ2n) is 6.29. The molecule has 0 saturated heterocycles. The molecule has 0 amide bonds. The van der Waals surface area contributed by atoms with Crippen LogP contribution in [0.1, 0.15) is 50.5 Å². The number of benzene rings is 2. The average molecular weight is 282 g/mol. The van der Waals surface area contributed by atoms with E-state index in [1.54, 1.807) is 0 Å². The number of halogens is 1. The zero-order valence-electron chi connectivity index (χ0n) is 12.7. The average Bonchev–Trinajstić information content (AvgIpc) is 2.97. The molecule has 0 nitrogen and oxygen atoms in total. The molecule has 1 fully saturated rings. The monoisotopic (exact) mass is 282 g/mol. The van der Waals surface area contributed by atoms with Crippen molar-refractivity contribution in [3.63, 3.8) is 0 Å². The summed E-state index contributed by atoms with van der Waals surface area (Å²) in [7, 11) is 0. The summed E-state index contributed by atoms with van der Waals surface area (Å²) in [6.45, 7) is 2.28. The number of rotatable bonds is 4. The second kappa shape index (κ2) is 6.43. The number of hydrogen-bond acceptors (Lipinski definition) is 0. The van der Waals surface area contributed by atoms with Crippen LogP contribution in [-0.2, 0) is 0 Å². The van der Waals surface area contributed by atoms with Crippen LogP contribution in [0.15, 0.2) is 48.5 Å². The first-order valence-corrected chi connectivity index (χ1v) is 8.12. The van der Waals surface area contributed by atoms with E-state index < -0.39 is 0 Å². The Morgan fingerprint density at radius 2 is 1.52 bits per heavy atom. The lowest BCUT2D eigenvalue weighted by Gasteiger charge is -2.12. The van der Waals surface area contributed by atoms with Crippen LogP contribution in [0.5, 0.6) is 0 Å². The van der Waals surface area contributed by atoms with Crippen LogP contribution in [0.4, 0.5) is 4.39 Å². The van der Waals surface area contributed by atoms with E-state index in [1.807, 2.05) is 12.1 Å². The Bertz CT molecular complexity index is 568. The molecule has 1 saturated carbocycles. The number of hydrogen-bond donors (Lipinski definition) is 0. The Balaban J connectivity index is 1.71. The third-order valence-electron chi connectivity index (χ3n) is 4.80. The topological polar surface area (TPSA) is 0 Å². The summed E-state index contributed by atoms with van der Waals surface area (Å²) in [6.07, 6.45) is 6.76. The van der Waals surface area contributed by atoms with Gasteiger partial charge in [-0.3, -0.25) is 0 Å². The van der Waals surface area contributed by atoms with Gasteiger partial charge in [0.1, 0.15) is 5.82 Å². The minimum absolute atomic E-state index is 0.178. The van der Waals surface area contributed by atoms with E-state index in [9.17, 15) is 4.39 Å². The van der Waals surface area contributed by atoms with Gasteiger partial charge in [0.25, 0.3) is 0 Å². The van der Waals surface area contributed by atoms with E-state index in [1.165, 1.54) is 55.4 Å². The first-order valence-electron chi connectivity index (χ1n) is 8.12. The fourth-order valence-electron chi connectivity index (χ4n) is 3.64. The maximum absolute atomic E-state index is 13.0. The van der Waals surface area contributed by atoms with E-state index in [0.717, 1.165) is 17.4 Å². The van der Waals surface area contributed by atoms with Gasteiger partial charge in [0.05, 0.1) is 0 Å². The molecule has 0 N–H and O–H groups in total. The highest BCUT2D eigenvalue weighted by molar-refractivity contribution is 5.63. The molecule has 1 aliphatic carbocycles. The minimum atomic E-state index is -0.178. The van der Waals surface area contributed by atoms with E-state index in [0.29, 0.717) is 0 Å². The van der Waals surface area contributed by atoms with E-state index in [4.69, 9.17) is 0 Å². The Labute approximate surface area is 127 Å². The molecule has 0 heterocycles. The highest BCUT2D eigenvalue weighted by Crippen LogP contribution is 2.40. The van der Waals surface area contributed by atoms with Crippen LogP contribution in [0.3, 0.4) is 0 Å². The molecule has 1 aliphatic rings. The summed E-state index contributed by atoms with van der Waals surface area (Å²) >= 11 is 0. The molecule has 2 atom stereocenters. The Kier molecular flexibility index (Phi) is 4.38. The highest BCUT2D eigenvalue weighted by Gasteiger charge is 2.24. The van der Waals surface area contributed by atoms with Gasteiger partial charge in [-0.25, -0.2) is 4.39 Å². The van der Waals surface area contributed by atoms with Crippen molar-refractivity contribution in [1.82, 2.24) is 0 Å². The molecule has 21 heavy (non-hydrogen) atoms. The minimum Gasteiger partial charge on any atom is -0.207 e. The van der Waals surface area contributed by atoms with Crippen molar-refractivity contribution < 1.29 is 4.39 Å². The summed E-state index contributed by atoms with van der Waals surface area (Å²) < 4.78 is 13.0. The van der Waals surface area contributed by atoms with Gasteiger partial charge in [-0.1, -0.05) is 56.2 Å². The summed E-state index contributed by atoms with van der Waals surface area (Å²) in [4.78, 5) is 0. The molecular weight excluding hydrogens is 259 g/mol. The molecule has 3 rings (SSSR count). The fraction of sp³-hybridized carbons (Fsp3) is 0.400. The van der Waals surface area contributed by atoms with Crippen molar-refractivity contribution in [1.29, 1.82) is 0 Å². The quantitative estimate of drug-likeness (QED) is 0.628. The summed E-state index contributed by atoms with van der Waals surface area (Å²) in [5.74, 6) is 1.49. The standard InChI is InChI=1S/C20H23F/c1-2-3-15-4-5-19(14-15)18-8-6-16(7-9-18)17-10-12-20(21)13-11-17/h6-13,15,19H,2-5,14H2,1H3. The van der Waals surface area contributed by atoms with Crippen molar-refractivity contribution in [2.75, 3.05) is 0 Å². The molecule has 0 aliphatic heterocycles. The molecule has 1 heteroatoms. The largest absolute Gasteiger partial charge is 0.207 e. The lowest BCUT2D eigenvalue weighted by Crippen LogP contribution is -1.95. The van der Waals surface area contributed by atoms with Gasteiger partial charge < -0.3 is 0 Å². The van der Waals surface area contributed by atoms with Gasteiger partial charge in [0.2, 0.25) is 0 Å². The van der Waals surface area contributed by atoms with Crippen molar-refractivity contribution in [3.05, 3.63) is 59.9 Å². The Morgan fingerprint density at radius 3 is 2.14 bits per heavy atom. The third kappa shape index (κ3) is 3.34.